The van der Waals surface area contributed by atoms with Crippen LogP contribution in [0.2, 0.25) is 0 Å². The van der Waals surface area contributed by atoms with Crippen molar-refractivity contribution < 1.29 is 8.42 Å². The summed E-state index contributed by atoms with van der Waals surface area (Å²) >= 11 is 1.81. The molecule has 0 amide bonds. The Hall–Kier alpha value is -0.500. The maximum absolute atomic E-state index is 12.6. The second-order valence-electron chi connectivity index (χ2n) is 5.03. The van der Waals surface area contributed by atoms with E-state index >= 15 is 0 Å². The molecule has 1 aliphatic heterocycles. The third-order valence-corrected chi connectivity index (χ3v) is 6.47. The molecule has 0 aromatic carbocycles. The van der Waals surface area contributed by atoms with E-state index in [1.807, 2.05) is 4.57 Å². The van der Waals surface area contributed by atoms with Crippen molar-refractivity contribution in [3.8, 4) is 0 Å². The van der Waals surface area contributed by atoms with Gasteiger partial charge in [-0.1, -0.05) is 0 Å². The Morgan fingerprint density at radius 3 is 2.58 bits per heavy atom. The fourth-order valence-electron chi connectivity index (χ4n) is 2.43. The third-order valence-electron chi connectivity index (χ3n) is 3.66. The van der Waals surface area contributed by atoms with Gasteiger partial charge in [0.1, 0.15) is 4.90 Å². The summed E-state index contributed by atoms with van der Waals surface area (Å²) in [6.07, 6.45) is 4.03. The molecule has 19 heavy (non-hydrogen) atoms. The monoisotopic (exact) mass is 301 g/mol. The van der Waals surface area contributed by atoms with Crippen LogP contribution >= 0.6 is 11.8 Å². The Kier molecular flexibility index (Phi) is 3.63. The van der Waals surface area contributed by atoms with Crippen LogP contribution in [-0.4, -0.2) is 41.9 Å². The van der Waals surface area contributed by atoms with Gasteiger partial charge in [-0.3, -0.25) is 0 Å². The summed E-state index contributed by atoms with van der Waals surface area (Å²) in [5, 5.41) is 0. The standard InChI is InChI=1S/C12H19N3O2S2/c13-8-11-7-12(9-15(11)10-1-2-10)19(16,17)14-3-5-18-6-4-14/h7,9-10H,1-6,8,13H2. The predicted octanol–water partition coefficient (Wildman–Crippen LogP) is 1.02. The highest BCUT2D eigenvalue weighted by Gasteiger charge is 2.31. The summed E-state index contributed by atoms with van der Waals surface area (Å²) in [5.41, 5.74) is 6.64. The van der Waals surface area contributed by atoms with Crippen molar-refractivity contribution in [3.05, 3.63) is 18.0 Å². The molecular weight excluding hydrogens is 282 g/mol. The Balaban J connectivity index is 1.91. The zero-order valence-corrected chi connectivity index (χ0v) is 12.4. The van der Waals surface area contributed by atoms with Gasteiger partial charge in [0.2, 0.25) is 10.0 Å². The van der Waals surface area contributed by atoms with Gasteiger partial charge in [0, 0.05) is 49.1 Å². The first-order valence-electron chi connectivity index (χ1n) is 6.61. The second kappa shape index (κ2) is 5.12. The van der Waals surface area contributed by atoms with Gasteiger partial charge in [0.15, 0.2) is 0 Å². The summed E-state index contributed by atoms with van der Waals surface area (Å²) in [7, 11) is -3.34. The van der Waals surface area contributed by atoms with Crippen LogP contribution in [-0.2, 0) is 16.6 Å². The molecule has 0 bridgehead atoms. The quantitative estimate of drug-likeness (QED) is 0.901. The average Bonchev–Trinajstić information content (AvgIpc) is 3.18. The number of nitrogens with zero attached hydrogens (tertiary/aromatic N) is 2. The summed E-state index contributed by atoms with van der Waals surface area (Å²) in [4.78, 5) is 0.409. The number of nitrogens with two attached hydrogens (primary N) is 1. The van der Waals surface area contributed by atoms with E-state index in [-0.39, 0.29) is 0 Å². The largest absolute Gasteiger partial charge is 0.346 e. The van der Waals surface area contributed by atoms with Crippen molar-refractivity contribution in [2.45, 2.75) is 30.3 Å². The van der Waals surface area contributed by atoms with Crippen LogP contribution in [0.5, 0.6) is 0 Å². The van der Waals surface area contributed by atoms with E-state index in [1.165, 1.54) is 0 Å². The summed E-state index contributed by atoms with van der Waals surface area (Å²) in [6.45, 7) is 1.61. The first kappa shape index (κ1) is 13.5. The van der Waals surface area contributed by atoms with Crippen LogP contribution < -0.4 is 5.73 Å². The maximum Gasteiger partial charge on any atom is 0.244 e. The van der Waals surface area contributed by atoms with Gasteiger partial charge < -0.3 is 10.3 Å². The number of sulfonamides is 1. The predicted molar refractivity (Wildman–Crippen MR) is 76.7 cm³/mol. The van der Waals surface area contributed by atoms with E-state index in [4.69, 9.17) is 5.73 Å². The molecule has 106 valence electrons. The maximum atomic E-state index is 12.6. The van der Waals surface area contributed by atoms with Crippen molar-refractivity contribution in [1.82, 2.24) is 8.87 Å². The zero-order valence-electron chi connectivity index (χ0n) is 10.8. The Morgan fingerprint density at radius 2 is 2.00 bits per heavy atom. The summed E-state index contributed by atoms with van der Waals surface area (Å²) in [5.74, 6) is 1.76. The van der Waals surface area contributed by atoms with Crippen molar-refractivity contribution in [2.75, 3.05) is 24.6 Å². The molecule has 0 spiro atoms. The van der Waals surface area contributed by atoms with Crippen molar-refractivity contribution >= 4 is 21.8 Å². The fourth-order valence-corrected chi connectivity index (χ4v) is 5.06. The van der Waals surface area contributed by atoms with Crippen molar-refractivity contribution in [2.24, 2.45) is 5.73 Å². The lowest BCUT2D eigenvalue weighted by atomic mass is 10.4. The summed E-state index contributed by atoms with van der Waals surface area (Å²) in [6, 6.07) is 2.20. The third kappa shape index (κ3) is 2.56. The Labute approximate surface area is 118 Å². The molecule has 1 aromatic rings. The molecule has 7 heteroatoms. The van der Waals surface area contributed by atoms with E-state index in [1.54, 1.807) is 28.3 Å². The molecule has 2 heterocycles. The SMILES string of the molecule is NCc1cc(S(=O)(=O)N2CCSCC2)cn1C1CC1. The Bertz CT molecular complexity index is 558. The van der Waals surface area contributed by atoms with Crippen molar-refractivity contribution in [3.63, 3.8) is 0 Å². The van der Waals surface area contributed by atoms with Gasteiger partial charge in [0.05, 0.1) is 0 Å². The molecule has 0 radical (unpaired) electrons. The molecule has 5 nitrogen and oxygen atoms in total. The Morgan fingerprint density at radius 1 is 1.32 bits per heavy atom. The normalized spacial score (nSPS) is 21.7. The molecule has 1 aromatic heterocycles. The minimum Gasteiger partial charge on any atom is -0.346 e. The van der Waals surface area contributed by atoms with Crippen LogP contribution in [0.15, 0.2) is 17.2 Å². The molecule has 2 N–H and O–H groups in total. The lowest BCUT2D eigenvalue weighted by molar-refractivity contribution is 0.443. The minimum atomic E-state index is -3.34. The summed E-state index contributed by atoms with van der Waals surface area (Å²) < 4.78 is 28.8. The zero-order chi connectivity index (χ0) is 13.5. The molecular formula is C12H19N3O2S2. The van der Waals surface area contributed by atoms with Crippen LogP contribution in [0.1, 0.15) is 24.6 Å². The lowest BCUT2D eigenvalue weighted by Gasteiger charge is -2.25. The number of hydrogen-bond acceptors (Lipinski definition) is 4. The number of rotatable bonds is 4. The van der Waals surface area contributed by atoms with E-state index < -0.39 is 10.0 Å². The number of thioether (sulfide) groups is 1. The van der Waals surface area contributed by atoms with E-state index in [9.17, 15) is 8.42 Å². The average molecular weight is 301 g/mol. The van der Waals surface area contributed by atoms with E-state index in [0.29, 0.717) is 30.6 Å². The minimum absolute atomic E-state index is 0.391. The van der Waals surface area contributed by atoms with Crippen LogP contribution in [0.3, 0.4) is 0 Å². The fraction of sp³-hybridized carbons (Fsp3) is 0.667. The number of aromatic nitrogens is 1. The van der Waals surface area contributed by atoms with E-state index in [0.717, 1.165) is 30.0 Å². The molecule has 1 saturated heterocycles. The van der Waals surface area contributed by atoms with Gasteiger partial charge in [-0.2, -0.15) is 16.1 Å². The van der Waals surface area contributed by atoms with Gasteiger partial charge in [-0.05, 0) is 18.9 Å². The number of hydrogen-bond donors (Lipinski definition) is 1. The molecule has 2 fully saturated rings. The van der Waals surface area contributed by atoms with Crippen LogP contribution in [0.25, 0.3) is 0 Å². The van der Waals surface area contributed by atoms with Crippen LogP contribution in [0, 0.1) is 0 Å². The molecule has 1 saturated carbocycles. The lowest BCUT2D eigenvalue weighted by Crippen LogP contribution is -2.37. The van der Waals surface area contributed by atoms with Gasteiger partial charge >= 0.3 is 0 Å². The van der Waals surface area contributed by atoms with E-state index in [2.05, 4.69) is 0 Å². The van der Waals surface area contributed by atoms with Crippen LogP contribution in [0.4, 0.5) is 0 Å². The van der Waals surface area contributed by atoms with Gasteiger partial charge in [0.25, 0.3) is 0 Å². The van der Waals surface area contributed by atoms with Gasteiger partial charge in [-0.25, -0.2) is 8.42 Å². The van der Waals surface area contributed by atoms with Gasteiger partial charge in [-0.15, -0.1) is 0 Å². The second-order valence-corrected chi connectivity index (χ2v) is 8.19. The molecule has 2 aliphatic rings. The molecule has 0 atom stereocenters. The van der Waals surface area contributed by atoms with Crippen molar-refractivity contribution in [1.29, 1.82) is 0 Å². The highest BCUT2D eigenvalue weighted by atomic mass is 32.2. The highest BCUT2D eigenvalue weighted by Crippen LogP contribution is 2.37. The topological polar surface area (TPSA) is 68.3 Å². The smallest absolute Gasteiger partial charge is 0.244 e. The first-order chi connectivity index (χ1) is 9.13. The highest BCUT2D eigenvalue weighted by molar-refractivity contribution is 7.99. The molecule has 1 aliphatic carbocycles. The molecule has 3 rings (SSSR count). The first-order valence-corrected chi connectivity index (χ1v) is 9.21. The molecule has 0 unspecified atom stereocenters.